The number of carbonyl (C=O) groups excluding carboxylic acids is 1. The fourth-order valence-electron chi connectivity index (χ4n) is 2.58. The first-order chi connectivity index (χ1) is 9.56. The second-order valence-electron chi connectivity index (χ2n) is 5.30. The number of rotatable bonds is 1. The predicted molar refractivity (Wildman–Crippen MR) is 78.2 cm³/mol. The van der Waals surface area contributed by atoms with E-state index in [-0.39, 0.29) is 11.4 Å². The Kier molecular flexibility index (Phi) is 4.32. The Balaban J connectivity index is 2.16. The van der Waals surface area contributed by atoms with Gasteiger partial charge >= 0.3 is 0 Å². The number of carbonyl (C=O) groups is 1. The molecule has 2 aliphatic rings. The van der Waals surface area contributed by atoms with Gasteiger partial charge in [-0.3, -0.25) is 4.79 Å². The molecule has 0 saturated carbocycles. The zero-order chi connectivity index (χ0) is 14.6. The third kappa shape index (κ3) is 3.12. The van der Waals surface area contributed by atoms with E-state index in [1.165, 1.54) is 0 Å². The molecule has 108 valence electrons. The van der Waals surface area contributed by atoms with Gasteiger partial charge in [-0.15, -0.1) is 5.10 Å². The first-order valence-corrected chi connectivity index (χ1v) is 6.89. The summed E-state index contributed by atoms with van der Waals surface area (Å²) >= 11 is 0. The highest BCUT2D eigenvalue weighted by Crippen LogP contribution is 2.34. The molecule has 0 aliphatic carbocycles. The average molecular weight is 275 g/mol. The largest absolute Gasteiger partial charge is 0.382 e. The Bertz CT molecular complexity index is 496. The lowest BCUT2D eigenvalue weighted by Gasteiger charge is -2.37. The molecule has 1 saturated heterocycles. The van der Waals surface area contributed by atoms with Crippen LogP contribution in [0.25, 0.3) is 0 Å². The van der Waals surface area contributed by atoms with Crippen molar-refractivity contribution in [2.75, 3.05) is 13.1 Å². The molecule has 0 aromatic heterocycles. The lowest BCUT2D eigenvalue weighted by molar-refractivity contribution is -0.130. The van der Waals surface area contributed by atoms with E-state index in [9.17, 15) is 4.79 Å². The highest BCUT2D eigenvalue weighted by Gasteiger charge is 2.37. The van der Waals surface area contributed by atoms with E-state index < -0.39 is 0 Å². The maximum absolute atomic E-state index is 11.4. The summed E-state index contributed by atoms with van der Waals surface area (Å²) in [5.74, 6) is 0.545. The lowest BCUT2D eigenvalue weighted by atomic mass is 9.82. The molecular formula is C14H21N5O. The van der Waals surface area contributed by atoms with Crippen LogP contribution in [0.1, 0.15) is 33.1 Å². The summed E-state index contributed by atoms with van der Waals surface area (Å²) in [5.41, 5.74) is 6.60. The Morgan fingerprint density at radius 2 is 2.10 bits per heavy atom. The molecule has 2 heterocycles. The van der Waals surface area contributed by atoms with Crippen molar-refractivity contribution < 1.29 is 4.79 Å². The number of hydrogen-bond donors (Lipinski definition) is 1. The molecule has 0 radical (unpaired) electrons. The zero-order valence-corrected chi connectivity index (χ0v) is 12.0. The van der Waals surface area contributed by atoms with Crippen molar-refractivity contribution in [2.24, 2.45) is 21.2 Å². The minimum Gasteiger partial charge on any atom is -0.382 e. The standard InChI is InChI=1S/C14H21N5O/c1-3-4-5-12-10-14(17-18-16-13(12)15)6-8-19(9-7-14)11(2)20/h3-5H,6-10H2,1-2H3,(H2,15,16,17)/b4-3-,12-5-. The summed E-state index contributed by atoms with van der Waals surface area (Å²) in [7, 11) is 0. The number of allylic oxidation sites excluding steroid dienone is 3. The molecule has 20 heavy (non-hydrogen) atoms. The SMILES string of the molecule is C/C=C\C=C1\CC2(CCN(C(C)=O)CC2)N=NN=C1N. The van der Waals surface area contributed by atoms with Gasteiger partial charge in [0.2, 0.25) is 5.91 Å². The topological polar surface area (TPSA) is 83.4 Å². The van der Waals surface area contributed by atoms with Gasteiger partial charge in [0.1, 0.15) is 0 Å². The van der Waals surface area contributed by atoms with Gasteiger partial charge in [-0.1, -0.05) is 18.2 Å². The summed E-state index contributed by atoms with van der Waals surface area (Å²) in [6.07, 6.45) is 8.18. The van der Waals surface area contributed by atoms with Gasteiger partial charge in [0.15, 0.2) is 5.84 Å². The van der Waals surface area contributed by atoms with Crippen LogP contribution in [0.4, 0.5) is 0 Å². The molecule has 2 aliphatic heterocycles. The van der Waals surface area contributed by atoms with Crippen molar-refractivity contribution in [3.05, 3.63) is 23.8 Å². The molecule has 6 nitrogen and oxygen atoms in total. The molecule has 0 aromatic carbocycles. The van der Waals surface area contributed by atoms with Crippen LogP contribution in [0.2, 0.25) is 0 Å². The van der Waals surface area contributed by atoms with Crippen molar-refractivity contribution in [3.8, 4) is 0 Å². The van der Waals surface area contributed by atoms with Gasteiger partial charge in [0, 0.05) is 26.4 Å². The molecule has 2 rings (SSSR count). The number of likely N-dealkylation sites (tertiary alicyclic amines) is 1. The molecule has 1 spiro atoms. The third-order valence-corrected chi connectivity index (χ3v) is 3.89. The van der Waals surface area contributed by atoms with E-state index in [0.717, 1.165) is 24.8 Å². The van der Waals surface area contributed by atoms with Crippen molar-refractivity contribution in [1.29, 1.82) is 0 Å². The van der Waals surface area contributed by atoms with E-state index in [1.807, 2.05) is 30.1 Å². The third-order valence-electron chi connectivity index (χ3n) is 3.89. The second-order valence-corrected chi connectivity index (χ2v) is 5.30. The van der Waals surface area contributed by atoms with Gasteiger partial charge in [-0.2, -0.15) is 5.11 Å². The Labute approximate surface area is 119 Å². The molecular weight excluding hydrogens is 254 g/mol. The van der Waals surface area contributed by atoms with Crippen molar-refractivity contribution in [1.82, 2.24) is 4.90 Å². The normalized spacial score (nSPS) is 24.2. The summed E-state index contributed by atoms with van der Waals surface area (Å²) in [6, 6.07) is 0. The lowest BCUT2D eigenvalue weighted by Crippen LogP contribution is -2.45. The van der Waals surface area contributed by atoms with Gasteiger partial charge in [-0.05, 0) is 30.6 Å². The second kappa shape index (κ2) is 5.98. The molecule has 6 heteroatoms. The van der Waals surface area contributed by atoms with Crippen LogP contribution in [0.3, 0.4) is 0 Å². The number of nitrogens with zero attached hydrogens (tertiary/aromatic N) is 4. The van der Waals surface area contributed by atoms with Gasteiger partial charge in [-0.25, -0.2) is 0 Å². The van der Waals surface area contributed by atoms with Crippen LogP contribution in [0, 0.1) is 0 Å². The van der Waals surface area contributed by atoms with Crippen LogP contribution < -0.4 is 5.73 Å². The first kappa shape index (κ1) is 14.4. The summed E-state index contributed by atoms with van der Waals surface area (Å²) in [5, 5.41) is 12.2. The van der Waals surface area contributed by atoms with Crippen LogP contribution in [0.15, 0.2) is 39.2 Å². The molecule has 0 aromatic rings. The Morgan fingerprint density at radius 1 is 1.40 bits per heavy atom. The Hall–Kier alpha value is -1.98. The zero-order valence-electron chi connectivity index (χ0n) is 12.0. The number of nitrogens with two attached hydrogens (primary N) is 1. The number of piperidine rings is 1. The van der Waals surface area contributed by atoms with Gasteiger partial charge < -0.3 is 10.6 Å². The molecule has 0 unspecified atom stereocenters. The van der Waals surface area contributed by atoms with Crippen LogP contribution in [-0.2, 0) is 4.79 Å². The predicted octanol–water partition coefficient (Wildman–Crippen LogP) is 2.00. The molecule has 0 bridgehead atoms. The van der Waals surface area contributed by atoms with Crippen molar-refractivity contribution in [2.45, 2.75) is 38.6 Å². The van der Waals surface area contributed by atoms with E-state index in [2.05, 4.69) is 15.4 Å². The average Bonchev–Trinajstić information content (AvgIpc) is 2.57. The number of amides is 1. The highest BCUT2D eigenvalue weighted by atomic mass is 16.2. The highest BCUT2D eigenvalue weighted by molar-refractivity contribution is 5.97. The van der Waals surface area contributed by atoms with E-state index in [1.54, 1.807) is 6.92 Å². The molecule has 1 fully saturated rings. The quantitative estimate of drug-likeness (QED) is 0.793. The van der Waals surface area contributed by atoms with Crippen molar-refractivity contribution >= 4 is 11.7 Å². The van der Waals surface area contributed by atoms with Crippen LogP contribution in [-0.4, -0.2) is 35.3 Å². The fraction of sp³-hybridized carbons (Fsp3) is 0.571. The summed E-state index contributed by atoms with van der Waals surface area (Å²) < 4.78 is 0. The van der Waals surface area contributed by atoms with E-state index in [0.29, 0.717) is 18.9 Å². The first-order valence-electron chi connectivity index (χ1n) is 6.89. The molecule has 0 atom stereocenters. The summed E-state index contributed by atoms with van der Waals surface area (Å²) in [6.45, 7) is 4.98. The van der Waals surface area contributed by atoms with Crippen LogP contribution in [0.5, 0.6) is 0 Å². The minimum absolute atomic E-state index is 0.117. The molecule has 2 N–H and O–H groups in total. The van der Waals surface area contributed by atoms with Gasteiger partial charge in [0.25, 0.3) is 0 Å². The number of hydrogen-bond acceptors (Lipinski definition) is 5. The smallest absolute Gasteiger partial charge is 0.219 e. The van der Waals surface area contributed by atoms with E-state index >= 15 is 0 Å². The van der Waals surface area contributed by atoms with E-state index in [4.69, 9.17) is 5.73 Å². The molecule has 1 amide bonds. The Morgan fingerprint density at radius 3 is 2.70 bits per heavy atom. The van der Waals surface area contributed by atoms with Crippen molar-refractivity contribution in [3.63, 3.8) is 0 Å². The minimum atomic E-state index is -0.274. The maximum atomic E-state index is 11.4. The van der Waals surface area contributed by atoms with Gasteiger partial charge in [0.05, 0.1) is 5.54 Å². The van der Waals surface area contributed by atoms with Crippen LogP contribution >= 0.6 is 0 Å². The summed E-state index contributed by atoms with van der Waals surface area (Å²) in [4.78, 5) is 13.3. The maximum Gasteiger partial charge on any atom is 0.219 e. The number of amidine groups is 1. The monoisotopic (exact) mass is 275 g/mol. The fourth-order valence-corrected chi connectivity index (χ4v) is 2.58.